The van der Waals surface area contributed by atoms with Gasteiger partial charge in [-0.3, -0.25) is 4.57 Å². The molecule has 0 saturated heterocycles. The molecule has 0 bridgehead atoms. The molecule has 0 atom stereocenters. The van der Waals surface area contributed by atoms with Crippen LogP contribution >= 0.6 is 0 Å². The number of allylic oxidation sites excluding steroid dienone is 1. The zero-order chi connectivity index (χ0) is 23.6. The summed E-state index contributed by atoms with van der Waals surface area (Å²) in [6, 6.07) is 10.3. The summed E-state index contributed by atoms with van der Waals surface area (Å²) in [7, 11) is 0. The highest BCUT2D eigenvalue weighted by Crippen LogP contribution is 2.48. The number of aromatic hydroxyl groups is 2. The Balaban J connectivity index is 2.04. The Labute approximate surface area is 186 Å². The van der Waals surface area contributed by atoms with E-state index in [4.69, 9.17) is 9.47 Å². The molecule has 32 heavy (non-hydrogen) atoms. The van der Waals surface area contributed by atoms with Crippen LogP contribution in [0.3, 0.4) is 0 Å². The number of rotatable bonds is 6. The average molecular weight is 435 g/mol. The lowest BCUT2D eigenvalue weighted by atomic mass is 10.0. The van der Waals surface area contributed by atoms with Crippen LogP contribution in [0.4, 0.5) is 0 Å². The number of hydrogen-bond donors (Lipinski definition) is 2. The Morgan fingerprint density at radius 2 is 1.25 bits per heavy atom. The van der Waals surface area contributed by atoms with Crippen LogP contribution < -0.4 is 9.47 Å². The summed E-state index contributed by atoms with van der Waals surface area (Å²) in [5.41, 5.74) is 3.76. The highest BCUT2D eigenvalue weighted by molar-refractivity contribution is 5.95. The Morgan fingerprint density at radius 3 is 1.62 bits per heavy atom. The van der Waals surface area contributed by atoms with Crippen molar-refractivity contribution >= 4 is 11.9 Å². The molecule has 3 aromatic rings. The van der Waals surface area contributed by atoms with Crippen LogP contribution in [0.2, 0.25) is 0 Å². The van der Waals surface area contributed by atoms with Crippen molar-refractivity contribution < 1.29 is 29.3 Å². The van der Waals surface area contributed by atoms with Gasteiger partial charge in [-0.25, -0.2) is 9.59 Å². The molecular weight excluding hydrogens is 410 g/mol. The lowest BCUT2D eigenvalue weighted by Crippen LogP contribution is -2.14. The highest BCUT2D eigenvalue weighted by Gasteiger charge is 2.30. The highest BCUT2D eigenvalue weighted by atomic mass is 16.6. The minimum Gasteiger partial charge on any atom is -0.492 e. The second-order valence-electron chi connectivity index (χ2n) is 7.48. The van der Waals surface area contributed by atoms with E-state index in [1.165, 1.54) is 6.08 Å². The molecule has 0 amide bonds. The first-order valence-electron chi connectivity index (χ1n) is 9.99. The van der Waals surface area contributed by atoms with E-state index >= 15 is 0 Å². The number of aromatic nitrogens is 1. The first kappa shape index (κ1) is 22.7. The topological polar surface area (TPSA) is 98.0 Å². The Morgan fingerprint density at radius 1 is 0.844 bits per heavy atom. The van der Waals surface area contributed by atoms with Crippen LogP contribution in [-0.4, -0.2) is 26.7 Å². The minimum atomic E-state index is -0.763. The second kappa shape index (κ2) is 9.01. The molecule has 7 nitrogen and oxygen atoms in total. The zero-order valence-corrected chi connectivity index (χ0v) is 18.4. The summed E-state index contributed by atoms with van der Waals surface area (Å²) in [5.74, 6) is -3.56. The van der Waals surface area contributed by atoms with Gasteiger partial charge in [0.05, 0.1) is 11.1 Å². The van der Waals surface area contributed by atoms with E-state index in [1.807, 2.05) is 26.0 Å². The van der Waals surface area contributed by atoms with Gasteiger partial charge in [0.25, 0.3) is 0 Å². The van der Waals surface area contributed by atoms with E-state index in [0.717, 1.165) is 15.7 Å². The molecule has 0 saturated carbocycles. The third-order valence-corrected chi connectivity index (χ3v) is 5.47. The minimum absolute atomic E-state index is 0.00723. The largest absolute Gasteiger partial charge is 0.492 e. The lowest BCUT2D eigenvalue weighted by Gasteiger charge is -2.11. The zero-order valence-electron chi connectivity index (χ0n) is 18.4. The molecule has 7 heteroatoms. The lowest BCUT2D eigenvalue weighted by molar-refractivity contribution is 0.0676. The fourth-order valence-corrected chi connectivity index (χ4v) is 3.27. The molecular formula is C25H25NO6. The molecule has 0 aliphatic carbocycles. The molecule has 2 aromatic carbocycles. The first-order valence-corrected chi connectivity index (χ1v) is 9.99. The van der Waals surface area contributed by atoms with Gasteiger partial charge in [0, 0.05) is 6.54 Å². The number of benzene rings is 2. The van der Waals surface area contributed by atoms with Gasteiger partial charge in [-0.2, -0.15) is 0 Å². The smallest absolute Gasteiger partial charge is 0.344 e. The van der Waals surface area contributed by atoms with Gasteiger partial charge >= 0.3 is 11.9 Å². The molecule has 1 aromatic heterocycles. The standard InChI is InChI=1S/C25H25NO6/c1-6-13-26-22(27)20(31-24(29)18-11-7-9-14(2)16(18)4)21(23(26)28)32-25(30)19-12-8-10-15(3)17(19)5/h6-12,27-28H,1,13H2,2-5H3. The van der Waals surface area contributed by atoms with Crippen LogP contribution in [0.1, 0.15) is 43.0 Å². The quantitative estimate of drug-likeness (QED) is 0.428. The van der Waals surface area contributed by atoms with Crippen LogP contribution in [0.25, 0.3) is 0 Å². The van der Waals surface area contributed by atoms with Crippen molar-refractivity contribution in [2.24, 2.45) is 0 Å². The van der Waals surface area contributed by atoms with Crippen molar-refractivity contribution in [3.8, 4) is 23.3 Å². The van der Waals surface area contributed by atoms with Gasteiger partial charge in [-0.1, -0.05) is 30.3 Å². The van der Waals surface area contributed by atoms with E-state index in [-0.39, 0.29) is 17.7 Å². The second-order valence-corrected chi connectivity index (χ2v) is 7.48. The third kappa shape index (κ3) is 4.09. The summed E-state index contributed by atoms with van der Waals surface area (Å²) in [5, 5.41) is 21.2. The predicted octanol–water partition coefficient (Wildman–Crippen LogP) is 4.76. The summed E-state index contributed by atoms with van der Waals surface area (Å²) in [4.78, 5) is 25.7. The van der Waals surface area contributed by atoms with Crippen LogP contribution in [0.5, 0.6) is 23.3 Å². The van der Waals surface area contributed by atoms with Gasteiger partial charge in [-0.15, -0.1) is 6.58 Å². The van der Waals surface area contributed by atoms with Gasteiger partial charge in [0.15, 0.2) is 0 Å². The fraction of sp³-hybridized carbons (Fsp3) is 0.200. The van der Waals surface area contributed by atoms with Crippen molar-refractivity contribution in [3.05, 3.63) is 82.4 Å². The van der Waals surface area contributed by atoms with Crippen molar-refractivity contribution in [3.63, 3.8) is 0 Å². The molecule has 0 fully saturated rings. The van der Waals surface area contributed by atoms with Crippen LogP contribution in [-0.2, 0) is 6.54 Å². The maximum atomic E-state index is 12.8. The Kier molecular flexibility index (Phi) is 6.39. The van der Waals surface area contributed by atoms with E-state index in [1.54, 1.807) is 38.1 Å². The van der Waals surface area contributed by atoms with Crippen LogP contribution in [0, 0.1) is 27.7 Å². The van der Waals surface area contributed by atoms with E-state index in [0.29, 0.717) is 11.1 Å². The number of ether oxygens (including phenoxy) is 2. The van der Waals surface area contributed by atoms with Gasteiger partial charge in [0.2, 0.25) is 23.3 Å². The number of carbonyl (C=O) groups is 2. The van der Waals surface area contributed by atoms with E-state index < -0.39 is 35.2 Å². The maximum Gasteiger partial charge on any atom is 0.344 e. The normalized spacial score (nSPS) is 10.6. The summed E-state index contributed by atoms with van der Waals surface area (Å²) in [6.45, 7) is 10.8. The molecule has 3 rings (SSSR count). The molecule has 0 radical (unpaired) electrons. The van der Waals surface area contributed by atoms with E-state index in [2.05, 4.69) is 6.58 Å². The third-order valence-electron chi connectivity index (χ3n) is 5.47. The number of carbonyl (C=O) groups excluding carboxylic acids is 2. The van der Waals surface area contributed by atoms with Gasteiger partial charge in [0.1, 0.15) is 0 Å². The SMILES string of the molecule is C=CCn1c(O)c(OC(=O)c2cccc(C)c2C)c(OC(=O)c2cccc(C)c2C)c1O. The summed E-state index contributed by atoms with van der Waals surface area (Å²) in [6.07, 6.45) is 1.42. The van der Waals surface area contributed by atoms with E-state index in [9.17, 15) is 19.8 Å². The summed E-state index contributed by atoms with van der Waals surface area (Å²) < 4.78 is 11.8. The number of esters is 2. The monoisotopic (exact) mass is 435 g/mol. The molecule has 0 spiro atoms. The van der Waals surface area contributed by atoms with Crippen molar-refractivity contribution in [1.29, 1.82) is 0 Å². The Bertz CT molecular complexity index is 1130. The van der Waals surface area contributed by atoms with Gasteiger partial charge < -0.3 is 19.7 Å². The molecule has 1 heterocycles. The predicted molar refractivity (Wildman–Crippen MR) is 120 cm³/mol. The number of aryl methyl sites for hydroxylation is 2. The molecule has 0 aliphatic heterocycles. The van der Waals surface area contributed by atoms with Crippen molar-refractivity contribution in [2.75, 3.05) is 0 Å². The molecule has 0 aliphatic rings. The number of hydrogen-bond acceptors (Lipinski definition) is 6. The fourth-order valence-electron chi connectivity index (χ4n) is 3.27. The van der Waals surface area contributed by atoms with Gasteiger partial charge in [-0.05, 0) is 62.1 Å². The number of nitrogens with zero attached hydrogens (tertiary/aromatic N) is 1. The van der Waals surface area contributed by atoms with Crippen molar-refractivity contribution in [1.82, 2.24) is 4.57 Å². The molecule has 166 valence electrons. The average Bonchev–Trinajstić information content (AvgIpc) is 2.96. The maximum absolute atomic E-state index is 12.8. The first-order chi connectivity index (χ1) is 15.2. The van der Waals surface area contributed by atoms with Crippen molar-refractivity contribution in [2.45, 2.75) is 34.2 Å². The van der Waals surface area contributed by atoms with Crippen LogP contribution in [0.15, 0.2) is 49.1 Å². The summed E-state index contributed by atoms with van der Waals surface area (Å²) >= 11 is 0. The molecule has 0 unspecified atom stereocenters. The Hall–Kier alpha value is -4.00. The molecule has 2 N–H and O–H groups in total.